The van der Waals surface area contributed by atoms with Crippen molar-refractivity contribution in [3.8, 4) is 0 Å². The molecule has 3 heterocycles. The fraction of sp³-hybridized carbons (Fsp3) is 0.619. The first-order chi connectivity index (χ1) is 12.8. The van der Waals surface area contributed by atoms with E-state index >= 15 is 0 Å². The van der Waals surface area contributed by atoms with Gasteiger partial charge in [0.15, 0.2) is 0 Å². The third kappa shape index (κ3) is 5.07. The lowest BCUT2D eigenvalue weighted by Gasteiger charge is -2.27. The van der Waals surface area contributed by atoms with Crippen molar-refractivity contribution in [2.45, 2.75) is 72.0 Å². The van der Waals surface area contributed by atoms with Crippen molar-refractivity contribution in [3.63, 3.8) is 0 Å². The Hall–Kier alpha value is -1.88. The summed E-state index contributed by atoms with van der Waals surface area (Å²) in [7, 11) is 0. The van der Waals surface area contributed by atoms with Crippen LogP contribution in [0.25, 0.3) is 0 Å². The third-order valence-corrected chi connectivity index (χ3v) is 5.15. The molecule has 0 aromatic carbocycles. The van der Waals surface area contributed by atoms with Crippen LogP contribution in [0.4, 0.5) is 5.82 Å². The molecule has 0 atom stereocenters. The summed E-state index contributed by atoms with van der Waals surface area (Å²) in [5.41, 5.74) is 3.71. The Morgan fingerprint density at radius 2 is 1.77 bits per heavy atom. The lowest BCUT2D eigenvalue weighted by molar-refractivity contribution is 0.551. The summed E-state index contributed by atoms with van der Waals surface area (Å²) in [4.78, 5) is 7.20. The zero-order chi connectivity index (χ0) is 18.2. The van der Waals surface area contributed by atoms with Crippen LogP contribution in [0.15, 0.2) is 24.5 Å². The summed E-state index contributed by atoms with van der Waals surface area (Å²) in [6, 6.07) is 4.26. The van der Waals surface area contributed by atoms with Gasteiger partial charge >= 0.3 is 0 Å². The molecule has 26 heavy (non-hydrogen) atoms. The maximum atomic E-state index is 4.72. The Morgan fingerprint density at radius 1 is 1.04 bits per heavy atom. The molecule has 1 aliphatic rings. The van der Waals surface area contributed by atoms with Crippen molar-refractivity contribution in [2.75, 3.05) is 18.0 Å². The lowest BCUT2D eigenvalue weighted by Crippen LogP contribution is -2.29. The number of nitrogens with one attached hydrogen (secondary N) is 1. The summed E-state index contributed by atoms with van der Waals surface area (Å²) in [6.45, 7) is 9.23. The maximum absolute atomic E-state index is 4.72. The molecule has 2 aromatic heterocycles. The fourth-order valence-electron chi connectivity index (χ4n) is 3.72. The minimum Gasteiger partial charge on any atom is -0.356 e. The molecule has 2 aromatic rings. The van der Waals surface area contributed by atoms with Crippen molar-refractivity contribution in [3.05, 3.63) is 41.3 Å². The van der Waals surface area contributed by atoms with Crippen molar-refractivity contribution in [1.82, 2.24) is 20.1 Å². The summed E-state index contributed by atoms with van der Waals surface area (Å²) in [5, 5.41) is 8.19. The highest BCUT2D eigenvalue weighted by molar-refractivity contribution is 5.46. The van der Waals surface area contributed by atoms with Gasteiger partial charge < -0.3 is 10.2 Å². The first kappa shape index (κ1) is 18.9. The average molecular weight is 356 g/mol. The first-order valence-electron chi connectivity index (χ1n) is 10.2. The van der Waals surface area contributed by atoms with E-state index in [-0.39, 0.29) is 0 Å². The molecule has 142 valence electrons. The molecular formula is C21H33N5. The number of rotatable bonds is 7. The molecule has 0 saturated carbocycles. The van der Waals surface area contributed by atoms with Gasteiger partial charge in [-0.1, -0.05) is 32.3 Å². The quantitative estimate of drug-likeness (QED) is 0.814. The van der Waals surface area contributed by atoms with Crippen molar-refractivity contribution in [2.24, 2.45) is 0 Å². The van der Waals surface area contributed by atoms with Crippen LogP contribution in [0.1, 0.15) is 62.3 Å². The molecule has 3 rings (SSSR count). The topological polar surface area (TPSA) is 46.0 Å². The van der Waals surface area contributed by atoms with Gasteiger partial charge in [-0.3, -0.25) is 4.68 Å². The molecule has 0 amide bonds. The van der Waals surface area contributed by atoms with E-state index in [1.165, 1.54) is 49.0 Å². The molecule has 1 N–H and O–H groups in total. The number of hydrogen-bond acceptors (Lipinski definition) is 4. The number of aromatic nitrogens is 3. The minimum atomic E-state index is 0.845. The van der Waals surface area contributed by atoms with Gasteiger partial charge in [-0.25, -0.2) is 4.98 Å². The second-order valence-corrected chi connectivity index (χ2v) is 7.35. The zero-order valence-corrected chi connectivity index (χ0v) is 16.4. The summed E-state index contributed by atoms with van der Waals surface area (Å²) in [5.74, 6) is 1.17. The molecule has 0 bridgehead atoms. The highest BCUT2D eigenvalue weighted by atomic mass is 15.3. The molecule has 0 unspecified atom stereocenters. The monoisotopic (exact) mass is 355 g/mol. The van der Waals surface area contributed by atoms with Crippen molar-refractivity contribution >= 4 is 5.82 Å². The maximum Gasteiger partial charge on any atom is 0.133 e. The molecule has 0 aliphatic carbocycles. The van der Waals surface area contributed by atoms with E-state index in [1.54, 1.807) is 0 Å². The predicted octanol–water partition coefficient (Wildman–Crippen LogP) is 4.06. The van der Waals surface area contributed by atoms with Gasteiger partial charge in [0.25, 0.3) is 0 Å². The minimum absolute atomic E-state index is 0.845. The average Bonchev–Trinajstić information content (AvgIpc) is 2.95. The molecule has 0 radical (unpaired) electrons. The third-order valence-electron chi connectivity index (χ3n) is 5.15. The number of pyridine rings is 1. The molecule has 1 aliphatic heterocycles. The standard InChI is InChI=1S/C21H33N5/c1-3-12-26-17-20(18(2)24-26)16-22-15-19-10-9-11-23-21(19)25-13-7-5-4-6-8-14-25/h9-11,17,22H,3-8,12-16H2,1-2H3. The van der Waals surface area contributed by atoms with Gasteiger partial charge in [0, 0.05) is 56.2 Å². The van der Waals surface area contributed by atoms with Gasteiger partial charge in [0.1, 0.15) is 5.82 Å². The summed E-state index contributed by atoms with van der Waals surface area (Å²) >= 11 is 0. The lowest BCUT2D eigenvalue weighted by atomic mass is 10.1. The molecule has 0 spiro atoms. The van der Waals surface area contributed by atoms with Gasteiger partial charge in [-0.15, -0.1) is 0 Å². The summed E-state index contributed by atoms with van der Waals surface area (Å²) < 4.78 is 2.06. The first-order valence-corrected chi connectivity index (χ1v) is 10.2. The van der Waals surface area contributed by atoms with Gasteiger partial charge in [0.05, 0.1) is 5.69 Å². The van der Waals surface area contributed by atoms with E-state index < -0.39 is 0 Å². The largest absolute Gasteiger partial charge is 0.356 e. The molecular weight excluding hydrogens is 322 g/mol. The highest BCUT2D eigenvalue weighted by Gasteiger charge is 2.14. The Kier molecular flexibility index (Phi) is 7.06. The van der Waals surface area contributed by atoms with Crippen molar-refractivity contribution < 1.29 is 0 Å². The summed E-state index contributed by atoms with van der Waals surface area (Å²) in [6.07, 6.45) is 11.8. The van der Waals surface area contributed by atoms with Crippen LogP contribution >= 0.6 is 0 Å². The van der Waals surface area contributed by atoms with Gasteiger partial charge in [0.2, 0.25) is 0 Å². The predicted molar refractivity (Wildman–Crippen MR) is 107 cm³/mol. The van der Waals surface area contributed by atoms with Crippen LogP contribution < -0.4 is 10.2 Å². The van der Waals surface area contributed by atoms with Crippen LogP contribution in [-0.2, 0) is 19.6 Å². The van der Waals surface area contributed by atoms with E-state index in [2.05, 4.69) is 52.2 Å². The van der Waals surface area contributed by atoms with E-state index in [4.69, 9.17) is 4.98 Å². The second-order valence-electron chi connectivity index (χ2n) is 7.35. The Labute approximate surface area is 157 Å². The fourth-order valence-corrected chi connectivity index (χ4v) is 3.72. The Bertz CT molecular complexity index is 671. The number of anilines is 1. The Balaban J connectivity index is 1.61. The van der Waals surface area contributed by atoms with E-state index in [0.717, 1.165) is 44.8 Å². The molecule has 1 fully saturated rings. The number of hydrogen-bond donors (Lipinski definition) is 1. The number of nitrogens with zero attached hydrogens (tertiary/aromatic N) is 4. The molecule has 1 saturated heterocycles. The number of aryl methyl sites for hydroxylation is 2. The van der Waals surface area contributed by atoms with Gasteiger partial charge in [-0.2, -0.15) is 5.10 Å². The van der Waals surface area contributed by atoms with E-state index in [9.17, 15) is 0 Å². The van der Waals surface area contributed by atoms with E-state index in [1.807, 2.05) is 6.20 Å². The van der Waals surface area contributed by atoms with Crippen LogP contribution in [-0.4, -0.2) is 27.9 Å². The molecule has 5 heteroatoms. The Morgan fingerprint density at radius 3 is 2.54 bits per heavy atom. The SMILES string of the molecule is CCCn1cc(CNCc2cccnc2N2CCCCCCC2)c(C)n1. The second kappa shape index (κ2) is 9.72. The zero-order valence-electron chi connectivity index (χ0n) is 16.4. The van der Waals surface area contributed by atoms with Crippen LogP contribution in [0.3, 0.4) is 0 Å². The highest BCUT2D eigenvalue weighted by Crippen LogP contribution is 2.21. The molecule has 5 nitrogen and oxygen atoms in total. The van der Waals surface area contributed by atoms with Crippen LogP contribution in [0.2, 0.25) is 0 Å². The van der Waals surface area contributed by atoms with E-state index in [0.29, 0.717) is 0 Å². The van der Waals surface area contributed by atoms with Crippen molar-refractivity contribution in [1.29, 1.82) is 0 Å². The van der Waals surface area contributed by atoms with Crippen LogP contribution in [0.5, 0.6) is 0 Å². The smallest absolute Gasteiger partial charge is 0.133 e. The normalized spacial score (nSPS) is 15.7. The van der Waals surface area contributed by atoms with Crippen LogP contribution in [0, 0.1) is 6.92 Å². The van der Waals surface area contributed by atoms with Gasteiger partial charge in [-0.05, 0) is 32.3 Å².